The predicted molar refractivity (Wildman–Crippen MR) is 95.0 cm³/mol. The highest BCUT2D eigenvalue weighted by molar-refractivity contribution is 7.92. The highest BCUT2D eigenvalue weighted by Gasteiger charge is 2.29. The van der Waals surface area contributed by atoms with Crippen LogP contribution in [0.3, 0.4) is 0 Å². The van der Waals surface area contributed by atoms with Gasteiger partial charge in [0.1, 0.15) is 6.54 Å². The highest BCUT2D eigenvalue weighted by atomic mass is 32.2. The van der Waals surface area contributed by atoms with E-state index in [4.69, 9.17) is 0 Å². The van der Waals surface area contributed by atoms with Crippen LogP contribution in [0, 0.1) is 17.0 Å². The zero-order chi connectivity index (χ0) is 18.8. The predicted octanol–water partition coefficient (Wildman–Crippen LogP) is 2.07. The molecule has 138 valence electrons. The van der Waals surface area contributed by atoms with Gasteiger partial charge in [0, 0.05) is 25.2 Å². The zero-order valence-electron chi connectivity index (χ0n) is 14.6. The van der Waals surface area contributed by atoms with E-state index in [1.807, 2.05) is 0 Å². The number of nitro benzene ring substituents is 1. The number of hydrogen-bond acceptors (Lipinski definition) is 5. The molecule has 0 saturated heterocycles. The summed E-state index contributed by atoms with van der Waals surface area (Å²) in [4.78, 5) is 24.6. The number of carbonyl (C=O) groups is 1. The first-order valence-corrected chi connectivity index (χ1v) is 9.94. The van der Waals surface area contributed by atoms with Crippen LogP contribution in [0.4, 0.5) is 11.4 Å². The minimum Gasteiger partial charge on any atom is -0.341 e. The zero-order valence-corrected chi connectivity index (χ0v) is 15.5. The second-order valence-corrected chi connectivity index (χ2v) is 8.35. The van der Waals surface area contributed by atoms with Crippen LogP contribution in [0.5, 0.6) is 0 Å². The average Bonchev–Trinajstić information content (AvgIpc) is 3.05. The molecule has 1 aromatic carbocycles. The number of nitrogens with zero attached hydrogens (tertiary/aromatic N) is 3. The Morgan fingerprint density at radius 3 is 2.44 bits per heavy atom. The van der Waals surface area contributed by atoms with Crippen molar-refractivity contribution >= 4 is 27.3 Å². The van der Waals surface area contributed by atoms with Gasteiger partial charge in [-0.1, -0.05) is 18.9 Å². The number of carbonyl (C=O) groups excluding carboxylic acids is 1. The third-order valence-electron chi connectivity index (χ3n) is 4.62. The first-order valence-electron chi connectivity index (χ1n) is 8.09. The van der Waals surface area contributed by atoms with Crippen molar-refractivity contribution in [2.75, 3.05) is 24.2 Å². The summed E-state index contributed by atoms with van der Waals surface area (Å²) in [7, 11) is -2.09. The van der Waals surface area contributed by atoms with E-state index in [9.17, 15) is 23.3 Å². The van der Waals surface area contributed by atoms with E-state index >= 15 is 0 Å². The molecule has 0 N–H and O–H groups in total. The van der Waals surface area contributed by atoms with E-state index < -0.39 is 14.9 Å². The summed E-state index contributed by atoms with van der Waals surface area (Å²) in [5.41, 5.74) is 0.489. The SMILES string of the molecule is Cc1ccc([N+](=O)[O-])cc1N(CC(=O)N(C)C1CCCC1)S(C)(=O)=O. The first-order chi connectivity index (χ1) is 11.6. The van der Waals surface area contributed by atoms with Crippen LogP contribution < -0.4 is 4.31 Å². The molecule has 0 unspecified atom stereocenters. The van der Waals surface area contributed by atoms with E-state index in [-0.39, 0.29) is 29.9 Å². The fourth-order valence-corrected chi connectivity index (χ4v) is 3.99. The van der Waals surface area contributed by atoms with E-state index in [1.54, 1.807) is 18.9 Å². The molecular weight excluding hydrogens is 346 g/mol. The quantitative estimate of drug-likeness (QED) is 0.564. The number of amides is 1. The van der Waals surface area contributed by atoms with Crippen LogP contribution in [0.1, 0.15) is 31.2 Å². The fraction of sp³-hybridized carbons (Fsp3) is 0.562. The molecule has 0 aromatic heterocycles. The largest absolute Gasteiger partial charge is 0.341 e. The lowest BCUT2D eigenvalue weighted by molar-refractivity contribution is -0.384. The highest BCUT2D eigenvalue weighted by Crippen LogP contribution is 2.28. The Morgan fingerprint density at radius 2 is 1.92 bits per heavy atom. The molecule has 25 heavy (non-hydrogen) atoms. The maximum atomic E-state index is 12.6. The van der Waals surface area contributed by atoms with Crippen LogP contribution in [-0.2, 0) is 14.8 Å². The van der Waals surface area contributed by atoms with Gasteiger partial charge in [0.2, 0.25) is 15.9 Å². The summed E-state index contributed by atoms with van der Waals surface area (Å²) in [5, 5.41) is 11.0. The number of rotatable bonds is 6. The fourth-order valence-electron chi connectivity index (χ4n) is 3.09. The molecule has 0 aliphatic heterocycles. The van der Waals surface area contributed by atoms with Crippen molar-refractivity contribution in [1.29, 1.82) is 0 Å². The van der Waals surface area contributed by atoms with Crippen LogP contribution >= 0.6 is 0 Å². The summed E-state index contributed by atoms with van der Waals surface area (Å²) < 4.78 is 25.4. The van der Waals surface area contributed by atoms with Crippen molar-refractivity contribution in [3.05, 3.63) is 33.9 Å². The van der Waals surface area contributed by atoms with Gasteiger partial charge in [-0.05, 0) is 25.3 Å². The van der Waals surface area contributed by atoms with Crippen molar-refractivity contribution in [2.24, 2.45) is 0 Å². The number of likely N-dealkylation sites (N-methyl/N-ethyl adjacent to an activating group) is 1. The van der Waals surface area contributed by atoms with Crippen molar-refractivity contribution in [2.45, 2.75) is 38.6 Å². The van der Waals surface area contributed by atoms with Crippen LogP contribution in [-0.4, -0.2) is 50.0 Å². The van der Waals surface area contributed by atoms with Crippen molar-refractivity contribution in [1.82, 2.24) is 4.90 Å². The van der Waals surface area contributed by atoms with Crippen LogP contribution in [0.15, 0.2) is 18.2 Å². The van der Waals surface area contributed by atoms with Crippen molar-refractivity contribution < 1.29 is 18.1 Å². The molecule has 1 aliphatic carbocycles. The summed E-state index contributed by atoms with van der Waals surface area (Å²) in [5.74, 6) is -0.316. The maximum Gasteiger partial charge on any atom is 0.271 e. The lowest BCUT2D eigenvalue weighted by Gasteiger charge is -2.29. The van der Waals surface area contributed by atoms with Gasteiger partial charge < -0.3 is 4.90 Å². The maximum absolute atomic E-state index is 12.6. The van der Waals surface area contributed by atoms with Gasteiger partial charge >= 0.3 is 0 Å². The Labute approximate surface area is 147 Å². The van der Waals surface area contributed by atoms with E-state index in [0.717, 1.165) is 36.2 Å². The number of hydrogen-bond donors (Lipinski definition) is 0. The summed E-state index contributed by atoms with van der Waals surface area (Å²) >= 11 is 0. The summed E-state index contributed by atoms with van der Waals surface area (Å²) in [6.45, 7) is 1.29. The molecule has 0 spiro atoms. The molecule has 1 amide bonds. The Bertz CT molecular complexity index is 772. The molecule has 0 atom stereocenters. The molecule has 1 saturated carbocycles. The number of non-ortho nitro benzene ring substituents is 1. The van der Waals surface area contributed by atoms with Gasteiger partial charge in [-0.3, -0.25) is 19.2 Å². The molecule has 1 aromatic rings. The van der Waals surface area contributed by atoms with Gasteiger partial charge in [-0.2, -0.15) is 0 Å². The first kappa shape index (κ1) is 19.2. The smallest absolute Gasteiger partial charge is 0.271 e. The van der Waals surface area contributed by atoms with Crippen molar-refractivity contribution in [3.8, 4) is 0 Å². The number of aryl methyl sites for hydroxylation is 1. The van der Waals surface area contributed by atoms with Gasteiger partial charge in [0.25, 0.3) is 5.69 Å². The average molecular weight is 369 g/mol. The van der Waals surface area contributed by atoms with E-state index in [0.29, 0.717) is 5.56 Å². The van der Waals surface area contributed by atoms with Gasteiger partial charge in [0.05, 0.1) is 16.9 Å². The van der Waals surface area contributed by atoms with E-state index in [1.165, 1.54) is 18.2 Å². The Balaban J connectivity index is 2.33. The Morgan fingerprint density at radius 1 is 1.32 bits per heavy atom. The molecular formula is C16H23N3O5S. The Kier molecular flexibility index (Phi) is 5.66. The number of anilines is 1. The third-order valence-corrected chi connectivity index (χ3v) is 5.74. The Hall–Kier alpha value is -2.16. The second kappa shape index (κ2) is 7.38. The molecule has 8 nitrogen and oxygen atoms in total. The number of benzene rings is 1. The van der Waals surface area contributed by atoms with Crippen molar-refractivity contribution in [3.63, 3.8) is 0 Å². The topological polar surface area (TPSA) is 101 Å². The number of nitro groups is 1. The molecule has 9 heteroatoms. The molecule has 1 aliphatic rings. The minimum absolute atomic E-state index is 0.125. The molecule has 0 radical (unpaired) electrons. The van der Waals surface area contributed by atoms with Crippen LogP contribution in [0.25, 0.3) is 0 Å². The lowest BCUT2D eigenvalue weighted by atomic mass is 10.1. The molecule has 2 rings (SSSR count). The lowest BCUT2D eigenvalue weighted by Crippen LogP contribution is -2.44. The third kappa shape index (κ3) is 4.47. The molecule has 0 heterocycles. The van der Waals surface area contributed by atoms with Gasteiger partial charge in [0.15, 0.2) is 0 Å². The minimum atomic E-state index is -3.77. The van der Waals surface area contributed by atoms with E-state index in [2.05, 4.69) is 0 Å². The monoisotopic (exact) mass is 369 g/mol. The standard InChI is InChI=1S/C16H23N3O5S/c1-12-8-9-14(19(21)22)10-15(12)18(25(3,23)24)11-16(20)17(2)13-6-4-5-7-13/h8-10,13H,4-7,11H2,1-3H3. The number of sulfonamides is 1. The van der Waals surface area contributed by atoms with Gasteiger partial charge in [-0.25, -0.2) is 8.42 Å². The summed E-state index contributed by atoms with van der Waals surface area (Å²) in [6.07, 6.45) is 4.94. The second-order valence-electron chi connectivity index (χ2n) is 6.44. The molecule has 1 fully saturated rings. The summed E-state index contributed by atoms with van der Waals surface area (Å²) in [6, 6.07) is 4.11. The normalized spacial score (nSPS) is 15.2. The van der Waals surface area contributed by atoms with Crippen LogP contribution in [0.2, 0.25) is 0 Å². The van der Waals surface area contributed by atoms with Gasteiger partial charge in [-0.15, -0.1) is 0 Å². The molecule has 0 bridgehead atoms.